The smallest absolute Gasteiger partial charge is 0.318 e. The van der Waals surface area contributed by atoms with Crippen molar-refractivity contribution in [2.24, 2.45) is 11.8 Å². The van der Waals surface area contributed by atoms with Crippen molar-refractivity contribution in [3.63, 3.8) is 0 Å². The molecule has 4 rings (SSSR count). The highest BCUT2D eigenvalue weighted by atomic mass is 16.2. The summed E-state index contributed by atoms with van der Waals surface area (Å²) >= 11 is 0. The van der Waals surface area contributed by atoms with E-state index in [0.717, 1.165) is 24.3 Å². The van der Waals surface area contributed by atoms with Gasteiger partial charge in [-0.1, -0.05) is 6.07 Å². The third kappa shape index (κ3) is 2.10. The molecule has 4 atom stereocenters. The molecule has 3 aliphatic rings. The Morgan fingerprint density at radius 3 is 2.64 bits per heavy atom. The van der Waals surface area contributed by atoms with E-state index in [1.807, 2.05) is 13.1 Å². The van der Waals surface area contributed by atoms with Crippen LogP contribution in [0.1, 0.15) is 29.7 Å². The highest BCUT2D eigenvalue weighted by Crippen LogP contribution is 2.47. The van der Waals surface area contributed by atoms with Crippen molar-refractivity contribution in [2.75, 3.05) is 13.1 Å². The molecule has 118 valence electrons. The molecule has 0 aromatic carbocycles. The van der Waals surface area contributed by atoms with Gasteiger partial charge in [-0.15, -0.1) is 0 Å². The molecular weight excluding hydrogens is 276 g/mol. The number of amides is 2. The van der Waals surface area contributed by atoms with Gasteiger partial charge in [0.15, 0.2) is 0 Å². The second-order valence-electron chi connectivity index (χ2n) is 7.01. The Balaban J connectivity index is 1.42. The number of rotatable bonds is 2. The van der Waals surface area contributed by atoms with E-state index >= 15 is 0 Å². The quantitative estimate of drug-likeness (QED) is 0.872. The van der Waals surface area contributed by atoms with Crippen molar-refractivity contribution in [2.45, 2.75) is 45.3 Å². The first-order valence-electron chi connectivity index (χ1n) is 8.34. The van der Waals surface area contributed by atoms with Crippen molar-refractivity contribution < 1.29 is 4.79 Å². The minimum atomic E-state index is 0.111. The molecule has 0 unspecified atom stereocenters. The van der Waals surface area contributed by atoms with Crippen LogP contribution in [0.4, 0.5) is 4.79 Å². The summed E-state index contributed by atoms with van der Waals surface area (Å²) in [6, 6.07) is 3.12. The number of fused-ring (bicyclic) bond motifs is 5. The van der Waals surface area contributed by atoms with Crippen molar-refractivity contribution in [1.82, 2.24) is 20.5 Å². The predicted octanol–water partition coefficient (Wildman–Crippen LogP) is 1.59. The minimum Gasteiger partial charge on any atom is -0.334 e. The van der Waals surface area contributed by atoms with Crippen LogP contribution in [-0.4, -0.2) is 41.1 Å². The molecule has 0 saturated carbocycles. The molecule has 3 aliphatic heterocycles. The third-order valence-electron chi connectivity index (χ3n) is 5.85. The highest BCUT2D eigenvalue weighted by molar-refractivity contribution is 5.76. The topological polar surface area (TPSA) is 57.3 Å². The van der Waals surface area contributed by atoms with Crippen LogP contribution in [0.3, 0.4) is 0 Å². The molecule has 5 heteroatoms. The van der Waals surface area contributed by atoms with Gasteiger partial charge in [0.05, 0.1) is 0 Å². The maximum atomic E-state index is 12.6. The lowest BCUT2D eigenvalue weighted by atomic mass is 9.82. The number of carbonyl (C=O) groups is 1. The molecule has 4 heterocycles. The van der Waals surface area contributed by atoms with Crippen molar-refractivity contribution in [3.8, 4) is 0 Å². The number of urea groups is 1. The number of nitrogens with one attached hydrogen (secondary N) is 2. The van der Waals surface area contributed by atoms with Gasteiger partial charge < -0.3 is 15.5 Å². The third-order valence-corrected chi connectivity index (χ3v) is 5.85. The Kier molecular flexibility index (Phi) is 3.33. The van der Waals surface area contributed by atoms with E-state index in [0.29, 0.717) is 30.5 Å². The monoisotopic (exact) mass is 300 g/mol. The van der Waals surface area contributed by atoms with Gasteiger partial charge in [-0.2, -0.15) is 0 Å². The van der Waals surface area contributed by atoms with E-state index < -0.39 is 0 Å². The fourth-order valence-electron chi connectivity index (χ4n) is 4.64. The summed E-state index contributed by atoms with van der Waals surface area (Å²) in [7, 11) is 0. The lowest BCUT2D eigenvalue weighted by Crippen LogP contribution is -2.45. The predicted molar refractivity (Wildman–Crippen MR) is 84.4 cm³/mol. The molecule has 0 radical (unpaired) electrons. The van der Waals surface area contributed by atoms with E-state index in [-0.39, 0.29) is 6.03 Å². The minimum absolute atomic E-state index is 0.111. The van der Waals surface area contributed by atoms with Crippen LogP contribution in [0.15, 0.2) is 12.3 Å². The molecule has 2 N–H and O–H groups in total. The summed E-state index contributed by atoms with van der Waals surface area (Å²) in [5, 5.41) is 6.59. The van der Waals surface area contributed by atoms with Crippen LogP contribution in [0.5, 0.6) is 0 Å². The van der Waals surface area contributed by atoms with E-state index in [4.69, 9.17) is 0 Å². The number of aromatic nitrogens is 1. The summed E-state index contributed by atoms with van der Waals surface area (Å²) < 4.78 is 0. The van der Waals surface area contributed by atoms with Gasteiger partial charge in [0, 0.05) is 43.6 Å². The van der Waals surface area contributed by atoms with Crippen LogP contribution in [0.25, 0.3) is 0 Å². The summed E-state index contributed by atoms with van der Waals surface area (Å²) in [4.78, 5) is 19.1. The molecule has 1 aromatic heterocycles. The Labute approximate surface area is 131 Å². The molecule has 0 aliphatic carbocycles. The van der Waals surface area contributed by atoms with Crippen molar-refractivity contribution in [1.29, 1.82) is 0 Å². The molecule has 0 spiro atoms. The lowest BCUT2D eigenvalue weighted by molar-refractivity contribution is 0.184. The molecular formula is C17H24N4O. The summed E-state index contributed by atoms with van der Waals surface area (Å²) in [5.41, 5.74) is 3.30. The van der Waals surface area contributed by atoms with Crippen LogP contribution in [0, 0.1) is 25.7 Å². The Bertz CT molecular complexity index is 584. The average molecular weight is 300 g/mol. The van der Waals surface area contributed by atoms with Gasteiger partial charge in [0.1, 0.15) is 0 Å². The Hall–Kier alpha value is -1.62. The second-order valence-corrected chi connectivity index (χ2v) is 7.01. The maximum absolute atomic E-state index is 12.6. The number of hydrogen-bond acceptors (Lipinski definition) is 3. The van der Waals surface area contributed by atoms with Crippen LogP contribution in [-0.2, 0) is 6.54 Å². The van der Waals surface area contributed by atoms with E-state index in [9.17, 15) is 4.79 Å². The SMILES string of the molecule is Cc1cc(CNC(=O)N2[C@@H]3CC[C@H]2[C@H]2CNC[C@H]23)cnc1C. The largest absolute Gasteiger partial charge is 0.334 e. The van der Waals surface area contributed by atoms with Gasteiger partial charge >= 0.3 is 6.03 Å². The molecule has 2 bridgehead atoms. The summed E-state index contributed by atoms with van der Waals surface area (Å²) in [6.07, 6.45) is 4.21. The zero-order chi connectivity index (χ0) is 15.3. The van der Waals surface area contributed by atoms with Crippen LogP contribution in [0.2, 0.25) is 0 Å². The second kappa shape index (κ2) is 5.23. The molecule has 2 amide bonds. The van der Waals surface area contributed by atoms with Gasteiger partial charge in [0.2, 0.25) is 0 Å². The number of hydrogen-bond donors (Lipinski definition) is 2. The van der Waals surface area contributed by atoms with Crippen molar-refractivity contribution >= 4 is 6.03 Å². The molecule has 5 nitrogen and oxygen atoms in total. The van der Waals surface area contributed by atoms with Gasteiger partial charge in [0.25, 0.3) is 0 Å². The summed E-state index contributed by atoms with van der Waals surface area (Å²) in [6.45, 7) is 6.79. The standard InChI is InChI=1S/C17H24N4O/c1-10-5-12(6-19-11(10)2)7-20-17(22)21-15-3-4-16(21)14-9-18-8-13(14)15/h5-6,13-16,18H,3-4,7-9H2,1-2H3,(H,20,22)/t13-,14+,15-,16+. The zero-order valence-corrected chi connectivity index (χ0v) is 13.3. The number of pyridine rings is 1. The van der Waals surface area contributed by atoms with E-state index in [2.05, 4.69) is 33.5 Å². The van der Waals surface area contributed by atoms with Crippen LogP contribution >= 0.6 is 0 Å². The van der Waals surface area contributed by atoms with E-state index in [1.54, 1.807) is 0 Å². The van der Waals surface area contributed by atoms with Crippen molar-refractivity contribution in [3.05, 3.63) is 29.1 Å². The fourth-order valence-corrected chi connectivity index (χ4v) is 4.64. The maximum Gasteiger partial charge on any atom is 0.318 e. The Morgan fingerprint density at radius 1 is 1.32 bits per heavy atom. The molecule has 3 saturated heterocycles. The Morgan fingerprint density at radius 2 is 2.00 bits per heavy atom. The molecule has 1 aromatic rings. The van der Waals surface area contributed by atoms with Gasteiger partial charge in [-0.25, -0.2) is 4.79 Å². The highest BCUT2D eigenvalue weighted by Gasteiger charge is 2.56. The van der Waals surface area contributed by atoms with Gasteiger partial charge in [-0.3, -0.25) is 4.98 Å². The van der Waals surface area contributed by atoms with Crippen LogP contribution < -0.4 is 10.6 Å². The number of nitrogens with zero attached hydrogens (tertiary/aromatic N) is 2. The number of carbonyl (C=O) groups excluding carboxylic acids is 1. The first-order chi connectivity index (χ1) is 10.6. The first kappa shape index (κ1) is 14.0. The normalized spacial score (nSPS) is 32.4. The fraction of sp³-hybridized carbons (Fsp3) is 0.647. The van der Waals surface area contributed by atoms with Gasteiger partial charge in [-0.05, 0) is 49.7 Å². The zero-order valence-electron chi connectivity index (χ0n) is 13.3. The lowest BCUT2D eigenvalue weighted by Gasteiger charge is -2.25. The molecule has 3 fully saturated rings. The van der Waals surface area contributed by atoms with E-state index in [1.165, 1.54) is 18.4 Å². The number of aryl methyl sites for hydroxylation is 2. The first-order valence-corrected chi connectivity index (χ1v) is 8.34. The average Bonchev–Trinajstić information content (AvgIpc) is 3.19. The molecule has 22 heavy (non-hydrogen) atoms. The summed E-state index contributed by atoms with van der Waals surface area (Å²) in [5.74, 6) is 1.35.